The Labute approximate surface area is 100 Å². The molecule has 0 aromatic carbocycles. The van der Waals surface area contributed by atoms with Crippen LogP contribution in [0, 0.1) is 0 Å². The summed E-state index contributed by atoms with van der Waals surface area (Å²) in [7, 11) is 0. The molecule has 0 spiro atoms. The summed E-state index contributed by atoms with van der Waals surface area (Å²) < 4.78 is 5.34. The summed E-state index contributed by atoms with van der Waals surface area (Å²) in [4.78, 5) is 11.4. The fourth-order valence-corrected chi connectivity index (χ4v) is 1.57. The van der Waals surface area contributed by atoms with Gasteiger partial charge in [0, 0.05) is 6.42 Å². The van der Waals surface area contributed by atoms with Gasteiger partial charge in [0.15, 0.2) is 0 Å². The highest BCUT2D eigenvalue weighted by Crippen LogP contribution is 2.10. The molecule has 0 aromatic rings. The van der Waals surface area contributed by atoms with Gasteiger partial charge in [0.25, 0.3) is 0 Å². The summed E-state index contributed by atoms with van der Waals surface area (Å²) in [6.45, 7) is 8.01. The Kier molecular flexibility index (Phi) is 10.2. The molecule has 2 nitrogen and oxygen atoms in total. The van der Waals surface area contributed by atoms with Crippen LogP contribution < -0.4 is 0 Å². The van der Waals surface area contributed by atoms with Gasteiger partial charge in [-0.1, -0.05) is 52.2 Å². The standard InChI is InChI=1S/C14H26O2/c1-4-7-9-11-13(6-3)16-14(15)12-10-8-5-2/h6,13H,3-5,7-12H2,1-2H3. The molecule has 0 saturated heterocycles. The SMILES string of the molecule is C=CC(CCCCC)OC(=O)CCCCC. The van der Waals surface area contributed by atoms with Crippen LogP contribution in [0.5, 0.6) is 0 Å². The molecule has 0 aliphatic heterocycles. The minimum Gasteiger partial charge on any atom is -0.458 e. The van der Waals surface area contributed by atoms with Gasteiger partial charge in [0.05, 0.1) is 0 Å². The Morgan fingerprint density at radius 3 is 2.38 bits per heavy atom. The maximum Gasteiger partial charge on any atom is 0.306 e. The summed E-state index contributed by atoms with van der Waals surface area (Å²) in [6, 6.07) is 0. The Morgan fingerprint density at radius 2 is 1.81 bits per heavy atom. The summed E-state index contributed by atoms with van der Waals surface area (Å²) >= 11 is 0. The highest BCUT2D eigenvalue weighted by atomic mass is 16.5. The number of unbranched alkanes of at least 4 members (excludes halogenated alkanes) is 4. The van der Waals surface area contributed by atoms with Crippen molar-refractivity contribution in [3.8, 4) is 0 Å². The zero-order valence-electron chi connectivity index (χ0n) is 10.8. The van der Waals surface area contributed by atoms with Gasteiger partial charge in [-0.05, 0) is 19.3 Å². The molecule has 0 aliphatic rings. The largest absolute Gasteiger partial charge is 0.458 e. The molecule has 0 heterocycles. The smallest absolute Gasteiger partial charge is 0.306 e. The van der Waals surface area contributed by atoms with Crippen molar-refractivity contribution in [2.75, 3.05) is 0 Å². The van der Waals surface area contributed by atoms with E-state index in [1.165, 1.54) is 12.8 Å². The number of rotatable bonds is 10. The fourth-order valence-electron chi connectivity index (χ4n) is 1.57. The lowest BCUT2D eigenvalue weighted by atomic mass is 10.1. The van der Waals surface area contributed by atoms with Crippen molar-refractivity contribution >= 4 is 5.97 Å². The van der Waals surface area contributed by atoms with Gasteiger partial charge >= 0.3 is 5.97 Å². The summed E-state index contributed by atoms with van der Waals surface area (Å²) in [5.41, 5.74) is 0. The van der Waals surface area contributed by atoms with E-state index in [9.17, 15) is 4.79 Å². The molecule has 16 heavy (non-hydrogen) atoms. The normalized spacial score (nSPS) is 12.1. The van der Waals surface area contributed by atoms with E-state index >= 15 is 0 Å². The number of carbonyl (C=O) groups is 1. The van der Waals surface area contributed by atoms with Gasteiger partial charge in [-0.3, -0.25) is 4.79 Å². The number of ether oxygens (including phenoxy) is 1. The van der Waals surface area contributed by atoms with E-state index in [0.29, 0.717) is 6.42 Å². The van der Waals surface area contributed by atoms with E-state index < -0.39 is 0 Å². The van der Waals surface area contributed by atoms with Gasteiger partial charge in [0.2, 0.25) is 0 Å². The monoisotopic (exact) mass is 226 g/mol. The third-order valence-corrected chi connectivity index (χ3v) is 2.62. The molecule has 0 bridgehead atoms. The van der Waals surface area contributed by atoms with Gasteiger partial charge in [-0.2, -0.15) is 0 Å². The lowest BCUT2D eigenvalue weighted by molar-refractivity contribution is -0.147. The molecule has 1 unspecified atom stereocenters. The van der Waals surface area contributed by atoms with Gasteiger partial charge < -0.3 is 4.74 Å². The second kappa shape index (κ2) is 10.7. The summed E-state index contributed by atoms with van der Waals surface area (Å²) in [5, 5.41) is 0. The van der Waals surface area contributed by atoms with Gasteiger partial charge in [-0.15, -0.1) is 0 Å². The highest BCUT2D eigenvalue weighted by Gasteiger charge is 2.09. The van der Waals surface area contributed by atoms with Crippen molar-refractivity contribution in [2.45, 2.75) is 71.3 Å². The molecule has 0 amide bonds. The van der Waals surface area contributed by atoms with Crippen LogP contribution in [0.25, 0.3) is 0 Å². The molecular formula is C14H26O2. The predicted octanol–water partition coefficient (Wildman–Crippen LogP) is 4.24. The van der Waals surface area contributed by atoms with Crippen LogP contribution in [-0.2, 0) is 9.53 Å². The van der Waals surface area contributed by atoms with Crippen LogP contribution in [-0.4, -0.2) is 12.1 Å². The van der Waals surface area contributed by atoms with Gasteiger partial charge in [0.1, 0.15) is 6.10 Å². The lowest BCUT2D eigenvalue weighted by Gasteiger charge is -2.13. The third-order valence-electron chi connectivity index (χ3n) is 2.62. The number of hydrogen-bond acceptors (Lipinski definition) is 2. The van der Waals surface area contributed by atoms with E-state index in [1.54, 1.807) is 6.08 Å². The van der Waals surface area contributed by atoms with Crippen LogP contribution in [0.4, 0.5) is 0 Å². The maximum atomic E-state index is 11.4. The molecule has 0 N–H and O–H groups in total. The van der Waals surface area contributed by atoms with E-state index in [4.69, 9.17) is 4.74 Å². The Morgan fingerprint density at radius 1 is 1.19 bits per heavy atom. The molecule has 1 atom stereocenters. The van der Waals surface area contributed by atoms with Crippen molar-refractivity contribution in [1.29, 1.82) is 0 Å². The average molecular weight is 226 g/mol. The quantitative estimate of drug-likeness (QED) is 0.316. The predicted molar refractivity (Wildman–Crippen MR) is 68.4 cm³/mol. The van der Waals surface area contributed by atoms with Crippen LogP contribution in [0.15, 0.2) is 12.7 Å². The van der Waals surface area contributed by atoms with E-state index in [-0.39, 0.29) is 12.1 Å². The molecule has 0 saturated carbocycles. The number of hydrogen-bond donors (Lipinski definition) is 0. The Hall–Kier alpha value is -0.790. The minimum absolute atomic E-state index is 0.0742. The average Bonchev–Trinajstić information content (AvgIpc) is 2.28. The first-order valence-corrected chi connectivity index (χ1v) is 6.56. The molecule has 0 aliphatic carbocycles. The van der Waals surface area contributed by atoms with Crippen LogP contribution >= 0.6 is 0 Å². The topological polar surface area (TPSA) is 26.3 Å². The first-order chi connectivity index (χ1) is 7.74. The molecule has 0 rings (SSSR count). The number of esters is 1. The fraction of sp³-hybridized carbons (Fsp3) is 0.786. The molecular weight excluding hydrogens is 200 g/mol. The second-order valence-electron chi connectivity index (χ2n) is 4.22. The summed E-state index contributed by atoms with van der Waals surface area (Å²) in [6.07, 6.45) is 9.78. The minimum atomic E-state index is -0.0827. The molecule has 2 heteroatoms. The van der Waals surface area contributed by atoms with E-state index in [0.717, 1.165) is 32.1 Å². The first kappa shape index (κ1) is 15.2. The van der Waals surface area contributed by atoms with Crippen LogP contribution in [0.1, 0.15) is 65.2 Å². The zero-order chi connectivity index (χ0) is 12.2. The van der Waals surface area contributed by atoms with Crippen molar-refractivity contribution in [2.24, 2.45) is 0 Å². The first-order valence-electron chi connectivity index (χ1n) is 6.56. The van der Waals surface area contributed by atoms with E-state index in [1.807, 2.05) is 0 Å². The molecule has 0 radical (unpaired) electrons. The van der Waals surface area contributed by atoms with Gasteiger partial charge in [-0.25, -0.2) is 0 Å². The Bertz CT molecular complexity index is 187. The lowest BCUT2D eigenvalue weighted by Crippen LogP contribution is -2.15. The molecule has 0 fully saturated rings. The third kappa shape index (κ3) is 8.51. The Balaban J connectivity index is 3.65. The van der Waals surface area contributed by atoms with Crippen molar-refractivity contribution in [3.63, 3.8) is 0 Å². The van der Waals surface area contributed by atoms with Crippen LogP contribution in [0.2, 0.25) is 0 Å². The number of carbonyl (C=O) groups excluding carboxylic acids is 1. The highest BCUT2D eigenvalue weighted by molar-refractivity contribution is 5.69. The zero-order valence-corrected chi connectivity index (χ0v) is 10.8. The van der Waals surface area contributed by atoms with Crippen molar-refractivity contribution in [3.05, 3.63) is 12.7 Å². The molecule has 94 valence electrons. The second-order valence-corrected chi connectivity index (χ2v) is 4.22. The van der Waals surface area contributed by atoms with Crippen molar-refractivity contribution < 1.29 is 9.53 Å². The van der Waals surface area contributed by atoms with Crippen LogP contribution in [0.3, 0.4) is 0 Å². The van der Waals surface area contributed by atoms with Crippen molar-refractivity contribution in [1.82, 2.24) is 0 Å². The molecule has 0 aromatic heterocycles. The van der Waals surface area contributed by atoms with E-state index in [2.05, 4.69) is 20.4 Å². The maximum absolute atomic E-state index is 11.4. The summed E-state index contributed by atoms with van der Waals surface area (Å²) in [5.74, 6) is -0.0742.